The Hall–Kier alpha value is -1.95. The van der Waals surface area contributed by atoms with Gasteiger partial charge in [-0.1, -0.05) is 41.8 Å². The normalized spacial score (nSPS) is 11.6. The van der Waals surface area contributed by atoms with Crippen molar-refractivity contribution in [3.05, 3.63) is 59.1 Å². The average Bonchev–Trinajstić information content (AvgIpc) is 2.41. The van der Waals surface area contributed by atoms with Gasteiger partial charge in [-0.3, -0.25) is 0 Å². The van der Waals surface area contributed by atoms with Crippen LogP contribution in [-0.4, -0.2) is 5.11 Å². The van der Waals surface area contributed by atoms with Crippen LogP contribution in [0, 0.1) is 12.3 Å². The average molecular weight is 259 g/mol. The number of rotatable bonds is 3. The molecule has 0 radical (unpaired) electrons. The molecule has 0 saturated carbocycles. The summed E-state index contributed by atoms with van der Waals surface area (Å²) in [4.78, 5) is 0. The second-order valence-electron chi connectivity index (χ2n) is 3.67. The highest BCUT2D eigenvalue weighted by Crippen LogP contribution is 2.29. The predicted molar refractivity (Wildman–Crippen MR) is 71.8 cm³/mol. The summed E-state index contributed by atoms with van der Waals surface area (Å²) in [6, 6.07) is 14.1. The molecule has 0 fully saturated rings. The fraction of sp³-hybridized carbons (Fsp3) is 0.0667. The molecule has 0 aliphatic rings. The molecule has 0 bridgehead atoms. The molecule has 2 rings (SSSR count). The van der Waals surface area contributed by atoms with Crippen LogP contribution in [0.1, 0.15) is 11.7 Å². The van der Waals surface area contributed by atoms with Crippen molar-refractivity contribution in [2.45, 2.75) is 6.10 Å². The third-order valence-electron chi connectivity index (χ3n) is 2.42. The second-order valence-corrected chi connectivity index (χ2v) is 4.08. The highest BCUT2D eigenvalue weighted by atomic mass is 35.5. The zero-order valence-corrected chi connectivity index (χ0v) is 10.3. The van der Waals surface area contributed by atoms with E-state index in [1.54, 1.807) is 36.4 Å². The Morgan fingerprint density at radius 1 is 1.11 bits per heavy atom. The molecule has 0 spiro atoms. The monoisotopic (exact) mass is 258 g/mol. The van der Waals surface area contributed by atoms with Crippen molar-refractivity contribution in [1.29, 1.82) is 0 Å². The molecule has 0 aliphatic carbocycles. The number of hydrogen-bond acceptors (Lipinski definition) is 2. The van der Waals surface area contributed by atoms with Crippen LogP contribution in [0.2, 0.25) is 5.02 Å². The smallest absolute Gasteiger partial charge is 0.146 e. The summed E-state index contributed by atoms with van der Waals surface area (Å²) in [6.07, 6.45) is 4.25. The summed E-state index contributed by atoms with van der Waals surface area (Å²) in [7, 11) is 0. The first-order chi connectivity index (χ1) is 8.70. The van der Waals surface area contributed by atoms with Gasteiger partial charge >= 0.3 is 0 Å². The third-order valence-corrected chi connectivity index (χ3v) is 2.73. The van der Waals surface area contributed by atoms with E-state index in [0.29, 0.717) is 22.1 Å². The van der Waals surface area contributed by atoms with Crippen molar-refractivity contribution in [1.82, 2.24) is 0 Å². The van der Waals surface area contributed by atoms with Crippen LogP contribution >= 0.6 is 11.6 Å². The molecule has 1 atom stereocenters. The number of halogens is 1. The Morgan fingerprint density at radius 3 is 2.39 bits per heavy atom. The maximum absolute atomic E-state index is 9.46. The van der Waals surface area contributed by atoms with E-state index in [9.17, 15) is 5.11 Å². The lowest BCUT2D eigenvalue weighted by Gasteiger charge is -2.08. The fourth-order valence-electron chi connectivity index (χ4n) is 1.47. The first kappa shape index (κ1) is 12.5. The zero-order chi connectivity index (χ0) is 13.0. The topological polar surface area (TPSA) is 29.5 Å². The number of aliphatic hydroxyl groups is 1. The van der Waals surface area contributed by atoms with E-state index in [4.69, 9.17) is 22.8 Å². The first-order valence-electron chi connectivity index (χ1n) is 5.37. The quantitative estimate of drug-likeness (QED) is 0.849. The van der Waals surface area contributed by atoms with Crippen LogP contribution < -0.4 is 4.74 Å². The van der Waals surface area contributed by atoms with E-state index < -0.39 is 6.10 Å². The molecule has 2 nitrogen and oxygen atoms in total. The highest BCUT2D eigenvalue weighted by Gasteiger charge is 2.05. The zero-order valence-electron chi connectivity index (χ0n) is 9.51. The van der Waals surface area contributed by atoms with Crippen molar-refractivity contribution in [3.63, 3.8) is 0 Å². The van der Waals surface area contributed by atoms with Gasteiger partial charge in [-0.15, -0.1) is 6.42 Å². The molecule has 90 valence electrons. The summed E-state index contributed by atoms with van der Waals surface area (Å²) in [5.41, 5.74) is 0.656. The van der Waals surface area contributed by atoms with Crippen molar-refractivity contribution < 1.29 is 9.84 Å². The molecule has 0 heterocycles. The van der Waals surface area contributed by atoms with Gasteiger partial charge in [0.25, 0.3) is 0 Å². The van der Waals surface area contributed by atoms with Crippen LogP contribution in [0.3, 0.4) is 0 Å². The van der Waals surface area contributed by atoms with Gasteiger partial charge in [0.2, 0.25) is 0 Å². The predicted octanol–water partition coefficient (Wildman–Crippen LogP) is 3.80. The van der Waals surface area contributed by atoms with Gasteiger partial charge in [0.1, 0.15) is 17.6 Å². The van der Waals surface area contributed by atoms with E-state index in [2.05, 4.69) is 5.92 Å². The van der Waals surface area contributed by atoms with E-state index in [0.717, 1.165) is 0 Å². The summed E-state index contributed by atoms with van der Waals surface area (Å²) in [5.74, 6) is 3.48. The summed E-state index contributed by atoms with van der Waals surface area (Å²) in [6.45, 7) is 0. The van der Waals surface area contributed by atoms with Crippen LogP contribution in [0.4, 0.5) is 0 Å². The SMILES string of the molecule is C#CC(O)c1ccc(Oc2ccccc2Cl)cc1. The van der Waals surface area contributed by atoms with Crippen molar-refractivity contribution >= 4 is 11.6 Å². The van der Waals surface area contributed by atoms with Gasteiger partial charge in [0, 0.05) is 0 Å². The maximum atomic E-state index is 9.46. The summed E-state index contributed by atoms with van der Waals surface area (Å²) >= 11 is 5.99. The van der Waals surface area contributed by atoms with Crippen molar-refractivity contribution in [2.24, 2.45) is 0 Å². The lowest BCUT2D eigenvalue weighted by Crippen LogP contribution is -1.93. The molecule has 0 amide bonds. The molecular formula is C15H11ClO2. The Kier molecular flexibility index (Phi) is 3.88. The lowest BCUT2D eigenvalue weighted by molar-refractivity contribution is 0.238. The second kappa shape index (κ2) is 5.59. The van der Waals surface area contributed by atoms with Crippen molar-refractivity contribution in [3.8, 4) is 23.8 Å². The van der Waals surface area contributed by atoms with E-state index in [-0.39, 0.29) is 0 Å². The largest absolute Gasteiger partial charge is 0.456 e. The summed E-state index contributed by atoms with van der Waals surface area (Å²) in [5, 5.41) is 10.0. The molecule has 1 N–H and O–H groups in total. The number of terminal acetylenes is 1. The van der Waals surface area contributed by atoms with Gasteiger partial charge in [-0.05, 0) is 29.8 Å². The third kappa shape index (κ3) is 2.84. The maximum Gasteiger partial charge on any atom is 0.146 e. The van der Waals surface area contributed by atoms with Gasteiger partial charge in [-0.25, -0.2) is 0 Å². The molecule has 0 aliphatic heterocycles. The Labute approximate surface area is 111 Å². The number of para-hydroxylation sites is 1. The molecule has 3 heteroatoms. The lowest BCUT2D eigenvalue weighted by atomic mass is 10.1. The summed E-state index contributed by atoms with van der Waals surface area (Å²) < 4.78 is 5.61. The van der Waals surface area contributed by atoms with Gasteiger partial charge in [-0.2, -0.15) is 0 Å². The van der Waals surface area contributed by atoms with Gasteiger partial charge in [0.15, 0.2) is 0 Å². The molecule has 2 aromatic carbocycles. The molecule has 2 aromatic rings. The van der Waals surface area contributed by atoms with Gasteiger partial charge in [0.05, 0.1) is 5.02 Å². The highest BCUT2D eigenvalue weighted by molar-refractivity contribution is 6.32. The molecular weight excluding hydrogens is 248 g/mol. The van der Waals surface area contributed by atoms with Crippen LogP contribution in [-0.2, 0) is 0 Å². The minimum atomic E-state index is -0.889. The Balaban J connectivity index is 2.17. The number of ether oxygens (including phenoxy) is 1. The molecule has 0 saturated heterocycles. The van der Waals surface area contributed by atoms with E-state index in [1.807, 2.05) is 12.1 Å². The number of benzene rings is 2. The van der Waals surface area contributed by atoms with Crippen LogP contribution in [0.15, 0.2) is 48.5 Å². The number of aliphatic hydroxyl groups excluding tert-OH is 1. The Bertz CT molecular complexity index is 570. The minimum absolute atomic E-state index is 0.547. The molecule has 1 unspecified atom stereocenters. The van der Waals surface area contributed by atoms with E-state index >= 15 is 0 Å². The van der Waals surface area contributed by atoms with Crippen molar-refractivity contribution in [2.75, 3.05) is 0 Å². The number of hydrogen-bond donors (Lipinski definition) is 1. The Morgan fingerprint density at radius 2 is 1.78 bits per heavy atom. The van der Waals surface area contributed by atoms with Crippen LogP contribution in [0.25, 0.3) is 0 Å². The first-order valence-corrected chi connectivity index (χ1v) is 5.75. The van der Waals surface area contributed by atoms with Gasteiger partial charge < -0.3 is 9.84 Å². The van der Waals surface area contributed by atoms with Crippen LogP contribution in [0.5, 0.6) is 11.5 Å². The minimum Gasteiger partial charge on any atom is -0.456 e. The molecule has 18 heavy (non-hydrogen) atoms. The fourth-order valence-corrected chi connectivity index (χ4v) is 1.64. The standard InChI is InChI=1S/C15H11ClO2/c1-2-14(17)11-7-9-12(10-8-11)18-15-6-4-3-5-13(15)16/h1,3-10,14,17H. The molecule has 0 aromatic heterocycles. The van der Waals surface area contributed by atoms with E-state index in [1.165, 1.54) is 0 Å².